The molecule has 0 aliphatic heterocycles. The van der Waals surface area contributed by atoms with Gasteiger partial charge < -0.3 is 5.32 Å². The summed E-state index contributed by atoms with van der Waals surface area (Å²) in [5.74, 6) is 0.588. The summed E-state index contributed by atoms with van der Waals surface area (Å²) in [7, 11) is 0. The maximum absolute atomic E-state index is 14.4. The van der Waals surface area contributed by atoms with Gasteiger partial charge in [-0.15, -0.1) is 0 Å². The molecular formula is C18H22FN. The first-order valence-electron chi connectivity index (χ1n) is 7.64. The van der Waals surface area contributed by atoms with E-state index in [1.165, 1.54) is 17.5 Å². The van der Waals surface area contributed by atoms with Crippen molar-refractivity contribution in [1.29, 1.82) is 0 Å². The molecule has 2 aromatic carbocycles. The van der Waals surface area contributed by atoms with E-state index >= 15 is 0 Å². The highest BCUT2D eigenvalue weighted by atomic mass is 19.1. The van der Waals surface area contributed by atoms with E-state index in [1.54, 1.807) is 6.07 Å². The molecule has 2 unspecified atom stereocenters. The van der Waals surface area contributed by atoms with E-state index in [-0.39, 0.29) is 11.9 Å². The second-order valence-corrected chi connectivity index (χ2v) is 5.96. The van der Waals surface area contributed by atoms with Crippen LogP contribution < -0.4 is 5.32 Å². The van der Waals surface area contributed by atoms with E-state index in [4.69, 9.17) is 0 Å². The van der Waals surface area contributed by atoms with E-state index < -0.39 is 0 Å². The summed E-state index contributed by atoms with van der Waals surface area (Å²) in [5.41, 5.74) is 2.52. The van der Waals surface area contributed by atoms with Crippen molar-refractivity contribution < 1.29 is 4.39 Å². The number of rotatable bonds is 2. The molecule has 0 saturated carbocycles. The number of halogens is 1. The van der Waals surface area contributed by atoms with Crippen molar-refractivity contribution >= 4 is 10.8 Å². The zero-order valence-corrected chi connectivity index (χ0v) is 12.2. The topological polar surface area (TPSA) is 12.0 Å². The number of nitrogens with one attached hydrogen (secondary N) is 1. The lowest BCUT2D eigenvalue weighted by atomic mass is 9.93. The maximum atomic E-state index is 14.4. The van der Waals surface area contributed by atoms with Crippen LogP contribution in [-0.4, -0.2) is 6.54 Å². The molecule has 2 heteroatoms. The molecule has 0 saturated heterocycles. The van der Waals surface area contributed by atoms with Crippen molar-refractivity contribution in [3.63, 3.8) is 0 Å². The smallest absolute Gasteiger partial charge is 0.131 e. The van der Waals surface area contributed by atoms with Crippen molar-refractivity contribution in [1.82, 2.24) is 5.32 Å². The van der Waals surface area contributed by atoms with Crippen molar-refractivity contribution in [2.24, 2.45) is 5.92 Å². The van der Waals surface area contributed by atoms with Crippen LogP contribution in [0.25, 0.3) is 10.8 Å². The highest BCUT2D eigenvalue weighted by molar-refractivity contribution is 5.87. The van der Waals surface area contributed by atoms with Crippen molar-refractivity contribution in [2.45, 2.75) is 39.2 Å². The van der Waals surface area contributed by atoms with Gasteiger partial charge in [0, 0.05) is 11.4 Å². The SMILES string of the molecule is CCNC1CC(C)CCc2c1cc(F)c1ccccc21. The first-order chi connectivity index (χ1) is 9.70. The zero-order valence-electron chi connectivity index (χ0n) is 12.2. The third-order valence-corrected chi connectivity index (χ3v) is 4.49. The lowest BCUT2D eigenvalue weighted by molar-refractivity contribution is 0.414. The Morgan fingerprint density at radius 2 is 2.00 bits per heavy atom. The second-order valence-electron chi connectivity index (χ2n) is 5.96. The molecule has 0 heterocycles. The molecule has 0 aromatic heterocycles. The summed E-state index contributed by atoms with van der Waals surface area (Å²) in [6.45, 7) is 5.34. The van der Waals surface area contributed by atoms with Crippen molar-refractivity contribution in [2.75, 3.05) is 6.54 Å². The van der Waals surface area contributed by atoms with E-state index in [9.17, 15) is 4.39 Å². The van der Waals surface area contributed by atoms with Crippen LogP contribution in [0.1, 0.15) is 43.9 Å². The van der Waals surface area contributed by atoms with Crippen LogP contribution in [0.2, 0.25) is 0 Å². The molecular weight excluding hydrogens is 249 g/mol. The molecule has 0 spiro atoms. The largest absolute Gasteiger partial charge is 0.310 e. The third kappa shape index (κ3) is 2.33. The monoisotopic (exact) mass is 271 g/mol. The Labute approximate surface area is 120 Å². The molecule has 106 valence electrons. The van der Waals surface area contributed by atoms with Crippen molar-refractivity contribution in [3.8, 4) is 0 Å². The normalized spacial score (nSPS) is 22.6. The molecule has 0 fully saturated rings. The van der Waals surface area contributed by atoms with E-state index in [0.717, 1.165) is 30.2 Å². The Hall–Kier alpha value is -1.41. The van der Waals surface area contributed by atoms with Gasteiger partial charge in [0.2, 0.25) is 0 Å². The summed E-state index contributed by atoms with van der Waals surface area (Å²) < 4.78 is 14.4. The maximum Gasteiger partial charge on any atom is 0.131 e. The fraction of sp³-hybridized carbons (Fsp3) is 0.444. The molecule has 0 bridgehead atoms. The van der Waals surface area contributed by atoms with Crippen LogP contribution in [0.5, 0.6) is 0 Å². The predicted molar refractivity (Wildman–Crippen MR) is 82.4 cm³/mol. The quantitative estimate of drug-likeness (QED) is 0.787. The molecule has 1 aliphatic rings. The van der Waals surface area contributed by atoms with Crippen LogP contribution >= 0.6 is 0 Å². The highest BCUT2D eigenvalue weighted by Crippen LogP contribution is 2.36. The molecule has 0 amide bonds. The van der Waals surface area contributed by atoms with Gasteiger partial charge in [-0.05, 0) is 54.3 Å². The lowest BCUT2D eigenvalue weighted by Crippen LogP contribution is -2.22. The minimum Gasteiger partial charge on any atom is -0.310 e. The molecule has 20 heavy (non-hydrogen) atoms. The minimum atomic E-state index is -0.0863. The number of hydrogen-bond donors (Lipinski definition) is 1. The Kier molecular flexibility index (Phi) is 3.75. The van der Waals surface area contributed by atoms with Crippen LogP contribution in [0.4, 0.5) is 4.39 Å². The summed E-state index contributed by atoms with van der Waals surface area (Å²) >= 11 is 0. The Morgan fingerprint density at radius 3 is 2.75 bits per heavy atom. The average Bonchev–Trinajstić information content (AvgIpc) is 2.60. The average molecular weight is 271 g/mol. The van der Waals surface area contributed by atoms with Gasteiger partial charge in [0.15, 0.2) is 0 Å². The molecule has 1 aliphatic carbocycles. The summed E-state index contributed by atoms with van der Waals surface area (Å²) in [6.07, 6.45) is 3.34. The van der Waals surface area contributed by atoms with Crippen molar-refractivity contribution in [3.05, 3.63) is 47.3 Å². The van der Waals surface area contributed by atoms with Gasteiger partial charge in [0.05, 0.1) is 0 Å². The molecule has 0 radical (unpaired) electrons. The lowest BCUT2D eigenvalue weighted by Gasteiger charge is -2.21. The zero-order chi connectivity index (χ0) is 14.1. The van der Waals surface area contributed by atoms with E-state index in [0.29, 0.717) is 5.92 Å². The van der Waals surface area contributed by atoms with Gasteiger partial charge in [0.25, 0.3) is 0 Å². The number of benzene rings is 2. The van der Waals surface area contributed by atoms with E-state index in [1.807, 2.05) is 18.2 Å². The van der Waals surface area contributed by atoms with Gasteiger partial charge >= 0.3 is 0 Å². The fourth-order valence-electron chi connectivity index (χ4n) is 3.48. The molecule has 2 atom stereocenters. The first-order valence-corrected chi connectivity index (χ1v) is 7.64. The van der Waals surface area contributed by atoms with E-state index in [2.05, 4.69) is 25.2 Å². The number of fused-ring (bicyclic) bond motifs is 3. The summed E-state index contributed by atoms with van der Waals surface area (Å²) in [5, 5.41) is 5.39. The van der Waals surface area contributed by atoms with Gasteiger partial charge in [-0.1, -0.05) is 38.1 Å². The number of hydrogen-bond acceptors (Lipinski definition) is 1. The Bertz CT molecular complexity index is 620. The van der Waals surface area contributed by atoms with Gasteiger partial charge in [-0.25, -0.2) is 4.39 Å². The van der Waals surface area contributed by atoms with Crippen LogP contribution in [0.15, 0.2) is 30.3 Å². The van der Waals surface area contributed by atoms with Gasteiger partial charge in [0.1, 0.15) is 5.82 Å². The fourth-order valence-corrected chi connectivity index (χ4v) is 3.48. The molecule has 2 aromatic rings. The molecule has 1 nitrogen and oxygen atoms in total. The van der Waals surface area contributed by atoms with Crippen LogP contribution in [0, 0.1) is 11.7 Å². The first kappa shape index (κ1) is 13.6. The van der Waals surface area contributed by atoms with Gasteiger partial charge in [-0.2, -0.15) is 0 Å². The second kappa shape index (κ2) is 5.53. The third-order valence-electron chi connectivity index (χ3n) is 4.49. The Balaban J connectivity index is 2.21. The summed E-state index contributed by atoms with van der Waals surface area (Å²) in [4.78, 5) is 0. The highest BCUT2D eigenvalue weighted by Gasteiger charge is 2.24. The minimum absolute atomic E-state index is 0.0863. The van der Waals surface area contributed by atoms with Crippen LogP contribution in [-0.2, 0) is 6.42 Å². The standard InChI is InChI=1S/C18H22FN/c1-3-20-18-10-12(2)8-9-14-13-6-4-5-7-15(13)17(19)11-16(14)18/h4-7,11-12,18,20H,3,8-10H2,1-2H3. The van der Waals surface area contributed by atoms with Crippen LogP contribution in [0.3, 0.4) is 0 Å². The number of aryl methyl sites for hydroxylation is 1. The molecule has 1 N–H and O–H groups in total. The summed E-state index contributed by atoms with van der Waals surface area (Å²) in [6, 6.07) is 9.94. The van der Waals surface area contributed by atoms with Gasteiger partial charge in [-0.3, -0.25) is 0 Å². The predicted octanol–water partition coefficient (Wildman–Crippen LogP) is 4.60. The molecule has 3 rings (SSSR count). The Morgan fingerprint density at radius 1 is 1.25 bits per heavy atom.